The molecule has 0 saturated heterocycles. The summed E-state index contributed by atoms with van der Waals surface area (Å²) in [5, 5.41) is 2.14. The summed E-state index contributed by atoms with van der Waals surface area (Å²) in [6.07, 6.45) is 9.07. The van der Waals surface area contributed by atoms with E-state index in [1.807, 2.05) is 48.2 Å². The number of benzene rings is 2. The van der Waals surface area contributed by atoms with Crippen LogP contribution in [0.25, 0.3) is 0 Å². The molecule has 4 nitrogen and oxygen atoms in total. The van der Waals surface area contributed by atoms with E-state index < -0.39 is 0 Å². The maximum Gasteiger partial charge on any atom is 0.308 e. The highest BCUT2D eigenvalue weighted by atomic mass is 32.2. The second kappa shape index (κ2) is 19.3. The van der Waals surface area contributed by atoms with Gasteiger partial charge in [-0.2, -0.15) is 35.3 Å². The van der Waals surface area contributed by atoms with Crippen molar-refractivity contribution in [3.05, 3.63) is 59.7 Å². The summed E-state index contributed by atoms with van der Waals surface area (Å²) in [6.45, 7) is 3.08. The Balaban J connectivity index is 0.000000290. The third-order valence-corrected chi connectivity index (χ3v) is 13.1. The molecule has 3 fully saturated rings. The van der Waals surface area contributed by atoms with E-state index in [4.69, 9.17) is 9.47 Å². The molecule has 6 atom stereocenters. The first-order chi connectivity index (χ1) is 19.9. The molecule has 0 spiro atoms. The average molecular weight is 665 g/mol. The Kier molecular flexibility index (Phi) is 17.1. The Morgan fingerprint density at radius 2 is 1.35 bits per heavy atom. The minimum absolute atomic E-state index is 0. The molecule has 3 aliphatic carbocycles. The van der Waals surface area contributed by atoms with Crippen molar-refractivity contribution in [1.29, 1.82) is 0 Å². The normalized spacial score (nSPS) is 24.6. The van der Waals surface area contributed by atoms with Gasteiger partial charge in [0.2, 0.25) is 0 Å². The van der Waals surface area contributed by atoms with Crippen LogP contribution in [0.1, 0.15) is 65.5 Å². The lowest BCUT2D eigenvalue weighted by molar-refractivity contribution is -0.131. The van der Waals surface area contributed by atoms with Gasteiger partial charge in [0.05, 0.1) is 7.11 Å². The van der Waals surface area contributed by atoms with E-state index >= 15 is 0 Å². The average Bonchev–Trinajstić information content (AvgIpc) is 3.65. The van der Waals surface area contributed by atoms with Gasteiger partial charge in [-0.3, -0.25) is 9.59 Å². The molecule has 0 aliphatic heterocycles. The number of methoxy groups -OCH3 is 1. The number of carbonyl (C=O) groups excluding carboxylic acids is 2. The smallest absolute Gasteiger partial charge is 0.308 e. The van der Waals surface area contributed by atoms with Crippen molar-refractivity contribution in [2.75, 3.05) is 36.4 Å². The molecule has 3 saturated carbocycles. The summed E-state index contributed by atoms with van der Waals surface area (Å²) >= 11 is 7.92. The lowest BCUT2D eigenvalue weighted by atomic mass is 9.81. The Labute approximate surface area is 278 Å². The maximum absolute atomic E-state index is 11.0. The Morgan fingerprint density at radius 1 is 0.744 bits per heavy atom. The van der Waals surface area contributed by atoms with Crippen molar-refractivity contribution in [3.8, 4) is 11.5 Å². The fourth-order valence-electron chi connectivity index (χ4n) is 6.79. The molecule has 240 valence electrons. The van der Waals surface area contributed by atoms with Crippen molar-refractivity contribution >= 4 is 58.1 Å². The van der Waals surface area contributed by atoms with Crippen LogP contribution in [0, 0.1) is 23.7 Å². The summed E-state index contributed by atoms with van der Waals surface area (Å²) in [7, 11) is 1.66. The third kappa shape index (κ3) is 11.6. The van der Waals surface area contributed by atoms with E-state index in [1.165, 1.54) is 60.6 Å². The third-order valence-electron chi connectivity index (χ3n) is 8.48. The molecule has 0 aromatic heterocycles. The minimum Gasteiger partial charge on any atom is -0.497 e. The highest BCUT2D eigenvalue weighted by molar-refractivity contribution is 8.14. The van der Waals surface area contributed by atoms with Gasteiger partial charge in [0, 0.05) is 47.4 Å². The van der Waals surface area contributed by atoms with Crippen LogP contribution >= 0.6 is 47.0 Å². The molecular weight excluding hydrogens is 613 g/mol. The van der Waals surface area contributed by atoms with Crippen molar-refractivity contribution in [3.63, 3.8) is 0 Å². The molecule has 5 rings (SSSR count). The van der Waals surface area contributed by atoms with Gasteiger partial charge in [-0.15, -0.1) is 0 Å². The molecule has 8 heteroatoms. The van der Waals surface area contributed by atoms with E-state index in [9.17, 15) is 9.59 Å². The molecular formula is C35H52O4S4. The first-order valence-electron chi connectivity index (χ1n) is 14.6. The number of esters is 1. The molecule has 2 bridgehead atoms. The molecule has 2 aromatic carbocycles. The van der Waals surface area contributed by atoms with Crippen molar-refractivity contribution in [2.24, 2.45) is 23.7 Å². The van der Waals surface area contributed by atoms with Gasteiger partial charge < -0.3 is 9.47 Å². The number of hydrogen-bond acceptors (Lipinski definition) is 8. The number of hydrogen-bond donors (Lipinski definition) is 0. The van der Waals surface area contributed by atoms with E-state index in [1.54, 1.807) is 32.6 Å². The molecule has 3 aliphatic rings. The lowest BCUT2D eigenvalue weighted by Crippen LogP contribution is -2.26. The highest BCUT2D eigenvalue weighted by Crippen LogP contribution is 2.62. The van der Waals surface area contributed by atoms with E-state index in [-0.39, 0.29) is 25.9 Å². The van der Waals surface area contributed by atoms with Crippen LogP contribution in [0.4, 0.5) is 0 Å². The summed E-state index contributed by atoms with van der Waals surface area (Å²) in [6, 6.07) is 15.5. The van der Waals surface area contributed by atoms with E-state index in [2.05, 4.69) is 29.8 Å². The van der Waals surface area contributed by atoms with Gasteiger partial charge in [0.15, 0.2) is 5.12 Å². The molecule has 2 aromatic rings. The zero-order valence-corrected chi connectivity index (χ0v) is 28.0. The van der Waals surface area contributed by atoms with E-state index in [0.29, 0.717) is 5.75 Å². The largest absolute Gasteiger partial charge is 0.497 e. The van der Waals surface area contributed by atoms with Crippen LogP contribution in [0.5, 0.6) is 11.5 Å². The lowest BCUT2D eigenvalue weighted by Gasteiger charge is -2.31. The quantitative estimate of drug-likeness (QED) is 0.126. The van der Waals surface area contributed by atoms with Crippen LogP contribution in [0.15, 0.2) is 48.5 Å². The van der Waals surface area contributed by atoms with E-state index in [0.717, 1.165) is 57.8 Å². The first kappa shape index (κ1) is 38.0. The Bertz CT molecular complexity index is 1110. The number of fused-ring (bicyclic) bond motifs is 5. The van der Waals surface area contributed by atoms with Crippen LogP contribution in [0.2, 0.25) is 0 Å². The van der Waals surface area contributed by atoms with Crippen molar-refractivity contribution in [1.82, 2.24) is 0 Å². The van der Waals surface area contributed by atoms with Gasteiger partial charge in [0.25, 0.3) is 0 Å². The van der Waals surface area contributed by atoms with Gasteiger partial charge in [-0.25, -0.2) is 0 Å². The second-order valence-corrected chi connectivity index (χ2v) is 16.2. The monoisotopic (exact) mass is 664 g/mol. The molecule has 0 radical (unpaired) electrons. The van der Waals surface area contributed by atoms with Gasteiger partial charge >= 0.3 is 5.97 Å². The highest BCUT2D eigenvalue weighted by Gasteiger charge is 2.55. The second-order valence-electron chi connectivity index (χ2n) is 11.2. The topological polar surface area (TPSA) is 52.6 Å². The fraction of sp³-hybridized carbons (Fsp3) is 0.600. The zero-order chi connectivity index (χ0) is 29.2. The van der Waals surface area contributed by atoms with Gasteiger partial charge in [0.1, 0.15) is 11.5 Å². The SMILES string of the molecule is C.C.COc1ccc(Cc2ccc(OC(C)=O)cc2)cc1.CSCCSC1CC2CC1C1CC(SCCSC(C)=O)CC21. The molecule has 0 amide bonds. The first-order valence-corrected chi connectivity index (χ1v) is 19.1. The van der Waals surface area contributed by atoms with Crippen LogP contribution in [-0.2, 0) is 16.0 Å². The minimum atomic E-state index is -0.303. The van der Waals surface area contributed by atoms with Crippen molar-refractivity contribution in [2.45, 2.75) is 71.3 Å². The molecule has 6 unspecified atom stereocenters. The maximum atomic E-state index is 11.0. The number of thioether (sulfide) groups is 4. The summed E-state index contributed by atoms with van der Waals surface area (Å²) in [4.78, 5) is 21.8. The molecule has 43 heavy (non-hydrogen) atoms. The number of carbonyl (C=O) groups is 2. The molecule has 0 N–H and O–H groups in total. The predicted molar refractivity (Wildman–Crippen MR) is 193 cm³/mol. The predicted octanol–water partition coefficient (Wildman–Crippen LogP) is 9.38. The summed E-state index contributed by atoms with van der Waals surface area (Å²) < 4.78 is 10.1. The van der Waals surface area contributed by atoms with Gasteiger partial charge in [-0.05, 0) is 97.4 Å². The zero-order valence-electron chi connectivity index (χ0n) is 24.7. The Hall–Kier alpha value is -1.22. The summed E-state index contributed by atoms with van der Waals surface area (Å²) in [5.74, 6) is 10.2. The van der Waals surface area contributed by atoms with Crippen LogP contribution in [-0.4, -0.2) is 58.0 Å². The number of rotatable bonds is 12. The van der Waals surface area contributed by atoms with Crippen LogP contribution < -0.4 is 9.47 Å². The van der Waals surface area contributed by atoms with Gasteiger partial charge in [-0.1, -0.05) is 50.9 Å². The van der Waals surface area contributed by atoms with Crippen molar-refractivity contribution < 1.29 is 19.1 Å². The standard InChI is InChI=1S/C17H28OS4.C16H16O3.2CH4/c1-11(18)20-5-6-21-13-9-14-12-7-16(15(14)10-13)17(8-12)22-4-3-19-2;1-12(17)19-16-9-5-14(6-10-16)11-13-3-7-15(18-2)8-4-13;;/h12-17H,3-10H2,1-2H3;3-10H,11H2,1-2H3;2*1H4. The van der Waals surface area contributed by atoms with Crippen LogP contribution in [0.3, 0.4) is 0 Å². The number of ether oxygens (including phenoxy) is 2. The Morgan fingerprint density at radius 3 is 1.93 bits per heavy atom. The molecule has 0 heterocycles. The fourth-order valence-corrected chi connectivity index (χ4v) is 11.1. The summed E-state index contributed by atoms with van der Waals surface area (Å²) in [5.41, 5.74) is 2.38.